The fraction of sp³-hybridized carbons (Fsp3) is 0.250. The summed E-state index contributed by atoms with van der Waals surface area (Å²) in [5, 5.41) is 22.2. The van der Waals surface area contributed by atoms with E-state index in [9.17, 15) is 24.4 Å². The molecule has 2 N–H and O–H groups in total. The molecule has 0 aliphatic heterocycles. The van der Waals surface area contributed by atoms with Crippen LogP contribution < -0.4 is 5.46 Å². The van der Waals surface area contributed by atoms with E-state index in [1.165, 1.54) is 6.92 Å². The van der Waals surface area contributed by atoms with Gasteiger partial charge in [-0.05, 0) is 63.8 Å². The van der Waals surface area contributed by atoms with Crippen LogP contribution in [0.4, 0.5) is 0 Å². The van der Waals surface area contributed by atoms with E-state index in [0.717, 1.165) is 21.9 Å². The summed E-state index contributed by atoms with van der Waals surface area (Å²) in [5.74, 6) is -1.06. The van der Waals surface area contributed by atoms with E-state index in [4.69, 9.17) is 4.74 Å². The van der Waals surface area contributed by atoms with Crippen molar-refractivity contribution in [2.24, 2.45) is 0 Å². The van der Waals surface area contributed by atoms with E-state index in [2.05, 4.69) is 0 Å². The maximum atomic E-state index is 13.9. The van der Waals surface area contributed by atoms with Gasteiger partial charge in [-0.3, -0.25) is 14.4 Å². The number of Topliss-reactive ketones (excluding diaryl/α,β-unsaturated/α-hetero) is 2. The van der Waals surface area contributed by atoms with E-state index in [1.54, 1.807) is 12.1 Å². The third-order valence-electron chi connectivity index (χ3n) is 7.69. The number of fused-ring (bicyclic) bond motifs is 9. The molecule has 3 aliphatic carbocycles. The number of allylic oxidation sites excluding steroid dienone is 2. The molecule has 3 aromatic carbocycles. The number of esters is 1. The molecule has 3 aromatic rings. The van der Waals surface area contributed by atoms with E-state index in [-0.39, 0.29) is 30.1 Å². The van der Waals surface area contributed by atoms with Crippen LogP contribution in [-0.2, 0) is 16.0 Å². The molecule has 0 spiro atoms. The van der Waals surface area contributed by atoms with E-state index in [1.807, 2.05) is 36.4 Å². The Morgan fingerprint density at radius 3 is 2.37 bits per heavy atom. The Labute approximate surface area is 202 Å². The van der Waals surface area contributed by atoms with Crippen LogP contribution in [0.2, 0.25) is 0 Å². The molecular formula is C28H23BO6. The third kappa shape index (κ3) is 3.30. The van der Waals surface area contributed by atoms with Gasteiger partial charge in [-0.25, -0.2) is 0 Å². The standard InChI is InChI=1S/C28H23BO6/c1-14(30)35-9-8-19-18-6-7-24(29(33)34)25(19)22-12-17(18)13-23-26(22)28(32)21-11-16-5-3-2-4-15(16)10-20(21)27(23)31/h2-7,10-11,17,22,33-34H,8-9,12-13H2,1H3/t17-,22-/m1/s1. The number of hydrogen-bond acceptors (Lipinski definition) is 6. The van der Waals surface area contributed by atoms with Crippen molar-refractivity contribution < 1.29 is 29.2 Å². The Kier molecular flexibility index (Phi) is 5.02. The molecular weight excluding hydrogens is 443 g/mol. The van der Waals surface area contributed by atoms with Gasteiger partial charge in [0.05, 0.1) is 6.61 Å². The van der Waals surface area contributed by atoms with Crippen molar-refractivity contribution in [3.05, 3.63) is 87.5 Å². The highest BCUT2D eigenvalue weighted by molar-refractivity contribution is 6.59. The normalized spacial score (nSPS) is 20.0. The molecule has 7 heteroatoms. The summed E-state index contributed by atoms with van der Waals surface area (Å²) in [5.41, 5.74) is 4.76. The van der Waals surface area contributed by atoms with Gasteiger partial charge in [-0.1, -0.05) is 36.4 Å². The molecule has 0 amide bonds. The minimum atomic E-state index is -1.72. The van der Waals surface area contributed by atoms with Crippen LogP contribution in [0.5, 0.6) is 0 Å². The Balaban J connectivity index is 1.52. The van der Waals surface area contributed by atoms with Gasteiger partial charge in [0.25, 0.3) is 0 Å². The quantitative estimate of drug-likeness (QED) is 0.453. The number of ketones is 2. The Bertz CT molecular complexity index is 1480. The van der Waals surface area contributed by atoms with Gasteiger partial charge in [0.15, 0.2) is 11.6 Å². The first-order valence-corrected chi connectivity index (χ1v) is 11.9. The van der Waals surface area contributed by atoms with Crippen LogP contribution in [0.25, 0.3) is 10.8 Å². The summed E-state index contributed by atoms with van der Waals surface area (Å²) in [6, 6.07) is 14.8. The van der Waals surface area contributed by atoms with Crippen molar-refractivity contribution in [2.75, 3.05) is 6.61 Å². The zero-order chi connectivity index (χ0) is 24.4. The molecule has 0 aromatic heterocycles. The topological polar surface area (TPSA) is 101 Å². The number of rotatable bonds is 4. The lowest BCUT2D eigenvalue weighted by atomic mass is 9.57. The van der Waals surface area contributed by atoms with Crippen LogP contribution in [-0.4, -0.2) is 41.3 Å². The highest BCUT2D eigenvalue weighted by Crippen LogP contribution is 2.53. The largest absolute Gasteiger partial charge is 0.488 e. The highest BCUT2D eigenvalue weighted by Gasteiger charge is 2.46. The number of benzene rings is 3. The fourth-order valence-electron chi connectivity index (χ4n) is 6.28. The van der Waals surface area contributed by atoms with Crippen molar-refractivity contribution >= 4 is 40.9 Å². The zero-order valence-electron chi connectivity index (χ0n) is 19.2. The zero-order valence-corrected chi connectivity index (χ0v) is 19.2. The summed E-state index contributed by atoms with van der Waals surface area (Å²) >= 11 is 0. The maximum absolute atomic E-state index is 13.9. The second-order valence-corrected chi connectivity index (χ2v) is 9.58. The van der Waals surface area contributed by atoms with Crippen molar-refractivity contribution in [3.8, 4) is 0 Å². The fourth-order valence-corrected chi connectivity index (χ4v) is 6.28. The van der Waals surface area contributed by atoms with Crippen LogP contribution in [0, 0.1) is 0 Å². The second-order valence-electron chi connectivity index (χ2n) is 9.58. The molecule has 174 valence electrons. The van der Waals surface area contributed by atoms with Crippen molar-refractivity contribution in [1.29, 1.82) is 0 Å². The third-order valence-corrected chi connectivity index (χ3v) is 7.69. The molecule has 0 fully saturated rings. The average molecular weight is 466 g/mol. The number of carbonyl (C=O) groups is 3. The lowest BCUT2D eigenvalue weighted by Gasteiger charge is -2.42. The maximum Gasteiger partial charge on any atom is 0.488 e. The predicted octanol–water partition coefficient (Wildman–Crippen LogP) is 2.98. The molecule has 2 atom stereocenters. The van der Waals surface area contributed by atoms with Crippen molar-refractivity contribution in [1.82, 2.24) is 0 Å². The van der Waals surface area contributed by atoms with E-state index >= 15 is 0 Å². The van der Waals surface area contributed by atoms with Gasteiger partial charge in [0.2, 0.25) is 0 Å². The highest BCUT2D eigenvalue weighted by atomic mass is 16.5. The monoisotopic (exact) mass is 466 g/mol. The first kappa shape index (κ1) is 22.0. The first-order chi connectivity index (χ1) is 16.8. The number of hydrogen-bond donors (Lipinski definition) is 2. The van der Waals surface area contributed by atoms with Crippen LogP contribution in [0.15, 0.2) is 59.7 Å². The minimum Gasteiger partial charge on any atom is -0.466 e. The van der Waals surface area contributed by atoms with Crippen molar-refractivity contribution in [3.63, 3.8) is 0 Å². The molecule has 4 bridgehead atoms. The summed E-state index contributed by atoms with van der Waals surface area (Å²) in [6.07, 6.45) is 1.50. The predicted molar refractivity (Wildman–Crippen MR) is 131 cm³/mol. The number of carbonyl (C=O) groups excluding carboxylic acids is 3. The molecule has 0 radical (unpaired) electrons. The molecule has 3 aliphatic rings. The lowest BCUT2D eigenvalue weighted by Crippen LogP contribution is -2.41. The second kappa shape index (κ2) is 8.00. The van der Waals surface area contributed by atoms with E-state index in [0.29, 0.717) is 52.6 Å². The SMILES string of the molecule is CC(=O)OCCc1c2ccc(B(O)O)c1[C@H]1C[C@@H]2CC2=C1C(=O)c1cc3ccccc3cc1C2=O. The van der Waals surface area contributed by atoms with Gasteiger partial charge >= 0.3 is 13.1 Å². The Morgan fingerprint density at radius 1 is 1.03 bits per heavy atom. The molecule has 6 rings (SSSR count). The summed E-state index contributed by atoms with van der Waals surface area (Å²) < 4.78 is 5.18. The Hall–Kier alpha value is -3.55. The average Bonchev–Trinajstić information content (AvgIpc) is 2.84. The van der Waals surface area contributed by atoms with Crippen LogP contribution in [0.3, 0.4) is 0 Å². The van der Waals surface area contributed by atoms with Gasteiger partial charge in [-0.15, -0.1) is 0 Å². The van der Waals surface area contributed by atoms with Crippen LogP contribution >= 0.6 is 0 Å². The summed E-state index contributed by atoms with van der Waals surface area (Å²) in [6.45, 7) is 1.51. The van der Waals surface area contributed by atoms with Gasteiger partial charge in [0.1, 0.15) is 0 Å². The first-order valence-electron chi connectivity index (χ1n) is 11.9. The molecule has 6 nitrogen and oxygen atoms in total. The van der Waals surface area contributed by atoms with E-state index < -0.39 is 13.0 Å². The molecule has 0 saturated carbocycles. The molecule has 0 unspecified atom stereocenters. The minimum absolute atomic E-state index is 0.0298. The summed E-state index contributed by atoms with van der Waals surface area (Å²) in [4.78, 5) is 39.0. The van der Waals surface area contributed by atoms with Gasteiger partial charge in [0, 0.05) is 41.5 Å². The Morgan fingerprint density at radius 2 is 1.71 bits per heavy atom. The number of ether oxygens (including phenoxy) is 1. The molecule has 0 heterocycles. The van der Waals surface area contributed by atoms with Crippen molar-refractivity contribution in [2.45, 2.75) is 38.0 Å². The van der Waals surface area contributed by atoms with Crippen LogP contribution in [0.1, 0.15) is 69.0 Å². The molecule has 35 heavy (non-hydrogen) atoms. The van der Waals surface area contributed by atoms with Gasteiger partial charge < -0.3 is 14.8 Å². The van der Waals surface area contributed by atoms with Gasteiger partial charge in [-0.2, -0.15) is 0 Å². The molecule has 0 saturated heterocycles. The lowest BCUT2D eigenvalue weighted by molar-refractivity contribution is -0.140. The summed E-state index contributed by atoms with van der Waals surface area (Å²) in [7, 11) is -1.72. The smallest absolute Gasteiger partial charge is 0.466 e.